The molecule has 2 aromatic carbocycles. The molecular formula is C22H19N3O5S. The van der Waals surface area contributed by atoms with Gasteiger partial charge in [0, 0.05) is 28.6 Å². The SMILES string of the molecule is CCOC(=O)Cc1sc(NC(=O)/C=C/c2ccc([N+](=O)[O-])cc2)nc1-c1ccccc1. The van der Waals surface area contributed by atoms with E-state index in [1.165, 1.54) is 29.5 Å². The molecule has 0 spiro atoms. The van der Waals surface area contributed by atoms with Crippen molar-refractivity contribution in [3.05, 3.63) is 81.2 Å². The average Bonchev–Trinajstić information content (AvgIpc) is 3.15. The molecule has 158 valence electrons. The molecule has 0 saturated heterocycles. The van der Waals surface area contributed by atoms with Gasteiger partial charge < -0.3 is 4.74 Å². The van der Waals surface area contributed by atoms with Gasteiger partial charge >= 0.3 is 5.97 Å². The second-order valence-corrected chi connectivity index (χ2v) is 7.39. The monoisotopic (exact) mass is 437 g/mol. The number of rotatable bonds is 8. The highest BCUT2D eigenvalue weighted by Crippen LogP contribution is 2.31. The van der Waals surface area contributed by atoms with Crippen LogP contribution in [-0.2, 0) is 20.7 Å². The van der Waals surface area contributed by atoms with E-state index in [1.807, 2.05) is 30.3 Å². The number of aromatic nitrogens is 1. The summed E-state index contributed by atoms with van der Waals surface area (Å²) in [5, 5.41) is 13.8. The lowest BCUT2D eigenvalue weighted by molar-refractivity contribution is -0.384. The van der Waals surface area contributed by atoms with Crippen molar-refractivity contribution in [1.29, 1.82) is 0 Å². The number of esters is 1. The number of nitro benzene ring substituents is 1. The first kappa shape index (κ1) is 21.8. The van der Waals surface area contributed by atoms with Crippen molar-refractivity contribution in [3.8, 4) is 11.3 Å². The molecule has 0 bridgehead atoms. The van der Waals surface area contributed by atoms with E-state index in [2.05, 4.69) is 10.3 Å². The first-order valence-corrected chi connectivity index (χ1v) is 10.2. The van der Waals surface area contributed by atoms with Crippen LogP contribution in [0.3, 0.4) is 0 Å². The first-order valence-electron chi connectivity index (χ1n) is 9.40. The van der Waals surface area contributed by atoms with Crippen molar-refractivity contribution in [3.63, 3.8) is 0 Å². The third-order valence-corrected chi connectivity index (χ3v) is 5.09. The summed E-state index contributed by atoms with van der Waals surface area (Å²) in [7, 11) is 0. The number of benzene rings is 2. The molecule has 0 aliphatic carbocycles. The molecule has 3 aromatic rings. The number of carbonyl (C=O) groups excluding carboxylic acids is 2. The Morgan fingerprint density at radius 3 is 2.52 bits per heavy atom. The van der Waals surface area contributed by atoms with E-state index in [-0.39, 0.29) is 24.7 Å². The minimum absolute atomic E-state index is 0.0213. The highest BCUT2D eigenvalue weighted by molar-refractivity contribution is 7.16. The third kappa shape index (κ3) is 6.06. The van der Waals surface area contributed by atoms with E-state index in [9.17, 15) is 19.7 Å². The summed E-state index contributed by atoms with van der Waals surface area (Å²) in [5.41, 5.74) is 2.08. The number of anilines is 1. The molecule has 31 heavy (non-hydrogen) atoms. The number of carbonyl (C=O) groups is 2. The number of ether oxygens (including phenoxy) is 1. The number of nitrogens with zero attached hydrogens (tertiary/aromatic N) is 2. The van der Waals surface area contributed by atoms with Crippen LogP contribution in [0, 0.1) is 10.1 Å². The van der Waals surface area contributed by atoms with Crippen LogP contribution in [0.2, 0.25) is 0 Å². The van der Waals surface area contributed by atoms with Crippen molar-refractivity contribution in [2.45, 2.75) is 13.3 Å². The molecule has 1 aromatic heterocycles. The number of thiazole rings is 1. The minimum atomic E-state index is -0.485. The largest absolute Gasteiger partial charge is 0.466 e. The maximum absolute atomic E-state index is 12.3. The van der Waals surface area contributed by atoms with Gasteiger partial charge in [-0.3, -0.25) is 25.0 Å². The number of amides is 1. The van der Waals surface area contributed by atoms with E-state index in [4.69, 9.17) is 4.74 Å². The fourth-order valence-corrected chi connectivity index (χ4v) is 3.69. The Labute approximate surface area is 182 Å². The van der Waals surface area contributed by atoms with Crippen molar-refractivity contribution in [1.82, 2.24) is 4.98 Å². The number of nitro groups is 1. The Morgan fingerprint density at radius 1 is 1.16 bits per heavy atom. The molecule has 1 heterocycles. The topological polar surface area (TPSA) is 111 Å². The van der Waals surface area contributed by atoms with Crippen LogP contribution in [0.15, 0.2) is 60.7 Å². The average molecular weight is 437 g/mol. The Balaban J connectivity index is 1.75. The summed E-state index contributed by atoms with van der Waals surface area (Å²) in [6.45, 7) is 2.03. The molecule has 3 rings (SSSR count). The predicted octanol–water partition coefficient (Wildman–Crippen LogP) is 4.48. The van der Waals surface area contributed by atoms with Crippen molar-refractivity contribution in [2.75, 3.05) is 11.9 Å². The molecular weight excluding hydrogens is 418 g/mol. The lowest BCUT2D eigenvalue weighted by Gasteiger charge is -2.02. The van der Waals surface area contributed by atoms with Crippen LogP contribution in [0.4, 0.5) is 10.8 Å². The zero-order chi connectivity index (χ0) is 22.2. The van der Waals surface area contributed by atoms with E-state index in [0.29, 0.717) is 21.3 Å². The maximum Gasteiger partial charge on any atom is 0.311 e. The lowest BCUT2D eigenvalue weighted by Crippen LogP contribution is -2.07. The number of nitrogens with one attached hydrogen (secondary N) is 1. The summed E-state index contributed by atoms with van der Waals surface area (Å²) >= 11 is 1.21. The van der Waals surface area contributed by atoms with Crippen molar-refractivity contribution >= 4 is 40.1 Å². The third-order valence-electron chi connectivity index (χ3n) is 4.12. The van der Waals surface area contributed by atoms with Crippen LogP contribution < -0.4 is 5.32 Å². The number of hydrogen-bond acceptors (Lipinski definition) is 7. The highest BCUT2D eigenvalue weighted by Gasteiger charge is 2.17. The molecule has 0 atom stereocenters. The second kappa shape index (κ2) is 10.3. The van der Waals surface area contributed by atoms with Crippen LogP contribution in [0.25, 0.3) is 17.3 Å². The van der Waals surface area contributed by atoms with Gasteiger partial charge in [-0.25, -0.2) is 4.98 Å². The van der Waals surface area contributed by atoms with Gasteiger partial charge in [-0.05, 0) is 30.7 Å². The van der Waals surface area contributed by atoms with Gasteiger partial charge in [0.2, 0.25) is 5.91 Å². The van der Waals surface area contributed by atoms with Crippen LogP contribution in [-0.4, -0.2) is 28.4 Å². The standard InChI is InChI=1S/C22H19N3O5S/c1-2-30-20(27)14-18-21(16-6-4-3-5-7-16)24-22(31-18)23-19(26)13-10-15-8-11-17(12-9-15)25(28)29/h3-13H,2,14H2,1H3,(H,23,24,26)/b13-10+. The molecule has 0 radical (unpaired) electrons. The van der Waals surface area contributed by atoms with Gasteiger partial charge in [0.25, 0.3) is 5.69 Å². The molecule has 0 unspecified atom stereocenters. The summed E-state index contributed by atoms with van der Waals surface area (Å²) in [5.74, 6) is -0.770. The van der Waals surface area contributed by atoms with E-state index in [0.717, 1.165) is 5.56 Å². The molecule has 1 N–H and O–H groups in total. The van der Waals surface area contributed by atoms with Crippen LogP contribution in [0.1, 0.15) is 17.4 Å². The first-order chi connectivity index (χ1) is 15.0. The zero-order valence-corrected chi connectivity index (χ0v) is 17.4. The normalized spacial score (nSPS) is 10.7. The molecule has 0 fully saturated rings. The lowest BCUT2D eigenvalue weighted by atomic mass is 10.1. The Kier molecular flexibility index (Phi) is 7.23. The Morgan fingerprint density at radius 2 is 1.87 bits per heavy atom. The van der Waals surface area contributed by atoms with Crippen molar-refractivity contribution in [2.24, 2.45) is 0 Å². The van der Waals surface area contributed by atoms with E-state index >= 15 is 0 Å². The Hall–Kier alpha value is -3.85. The minimum Gasteiger partial charge on any atom is -0.466 e. The van der Waals surface area contributed by atoms with Gasteiger partial charge in [0.05, 0.1) is 23.6 Å². The fraction of sp³-hybridized carbons (Fsp3) is 0.136. The van der Waals surface area contributed by atoms with Gasteiger partial charge in [0.15, 0.2) is 5.13 Å². The quantitative estimate of drug-likeness (QED) is 0.241. The Bertz CT molecular complexity index is 1110. The second-order valence-electron chi connectivity index (χ2n) is 6.31. The summed E-state index contributed by atoms with van der Waals surface area (Å²) in [4.78, 5) is 39.7. The van der Waals surface area contributed by atoms with Gasteiger partial charge in [0.1, 0.15) is 0 Å². The molecule has 0 aliphatic heterocycles. The summed E-state index contributed by atoms with van der Waals surface area (Å²) in [6, 6.07) is 15.2. The predicted molar refractivity (Wildman–Crippen MR) is 119 cm³/mol. The van der Waals surface area contributed by atoms with Crippen molar-refractivity contribution < 1.29 is 19.2 Å². The van der Waals surface area contributed by atoms with Gasteiger partial charge in [-0.15, -0.1) is 11.3 Å². The molecule has 9 heteroatoms. The number of hydrogen-bond donors (Lipinski definition) is 1. The fourth-order valence-electron chi connectivity index (χ4n) is 2.72. The molecule has 0 aliphatic rings. The smallest absolute Gasteiger partial charge is 0.311 e. The molecule has 8 nitrogen and oxygen atoms in total. The van der Waals surface area contributed by atoms with E-state index in [1.54, 1.807) is 25.1 Å². The van der Waals surface area contributed by atoms with E-state index < -0.39 is 10.8 Å². The molecule has 0 saturated carbocycles. The molecule has 1 amide bonds. The highest BCUT2D eigenvalue weighted by atomic mass is 32.1. The van der Waals surface area contributed by atoms with Crippen LogP contribution in [0.5, 0.6) is 0 Å². The van der Waals surface area contributed by atoms with Gasteiger partial charge in [-0.2, -0.15) is 0 Å². The zero-order valence-electron chi connectivity index (χ0n) is 16.6. The number of non-ortho nitro benzene ring substituents is 1. The van der Waals surface area contributed by atoms with Crippen LogP contribution >= 0.6 is 11.3 Å². The maximum atomic E-state index is 12.3. The summed E-state index contributed by atoms with van der Waals surface area (Å²) < 4.78 is 5.04. The summed E-state index contributed by atoms with van der Waals surface area (Å²) in [6.07, 6.45) is 2.92. The van der Waals surface area contributed by atoms with Gasteiger partial charge in [-0.1, -0.05) is 30.3 Å².